The van der Waals surface area contributed by atoms with E-state index < -0.39 is 4.87 Å². The standard InChI is InChI=1S/C17H17Cl3/c1-16(2,3)17(20,12-6-4-8-14(18)10-12)13-7-5-9-15(19)11-13/h4-11H,1-3H3. The normalized spacial score (nSPS) is 12.5. The van der Waals surface area contributed by atoms with Gasteiger partial charge >= 0.3 is 0 Å². The number of halogens is 3. The van der Waals surface area contributed by atoms with E-state index in [-0.39, 0.29) is 5.41 Å². The van der Waals surface area contributed by atoms with Gasteiger partial charge in [-0.25, -0.2) is 0 Å². The molecular weight excluding hydrogens is 311 g/mol. The van der Waals surface area contributed by atoms with Crippen LogP contribution in [0.25, 0.3) is 0 Å². The summed E-state index contributed by atoms with van der Waals surface area (Å²) in [6.07, 6.45) is 0. The highest BCUT2D eigenvalue weighted by atomic mass is 35.5. The Morgan fingerprint density at radius 3 is 1.45 bits per heavy atom. The highest BCUT2D eigenvalue weighted by Crippen LogP contribution is 2.51. The first-order valence-electron chi connectivity index (χ1n) is 6.46. The molecule has 0 fully saturated rings. The fraction of sp³-hybridized carbons (Fsp3) is 0.294. The van der Waals surface area contributed by atoms with Gasteiger partial charge in [0.1, 0.15) is 0 Å². The number of benzene rings is 2. The van der Waals surface area contributed by atoms with E-state index in [0.29, 0.717) is 10.0 Å². The molecule has 0 aliphatic carbocycles. The molecule has 3 heteroatoms. The van der Waals surface area contributed by atoms with Gasteiger partial charge in [-0.2, -0.15) is 0 Å². The van der Waals surface area contributed by atoms with E-state index in [2.05, 4.69) is 20.8 Å². The Kier molecular flexibility index (Phi) is 4.39. The lowest BCUT2D eigenvalue weighted by molar-refractivity contribution is 0.318. The molecule has 0 saturated carbocycles. The van der Waals surface area contributed by atoms with Crippen LogP contribution in [0.15, 0.2) is 48.5 Å². The second-order valence-electron chi connectivity index (χ2n) is 5.93. The molecule has 2 rings (SSSR count). The molecule has 0 amide bonds. The van der Waals surface area contributed by atoms with Gasteiger partial charge < -0.3 is 0 Å². The maximum atomic E-state index is 7.09. The molecule has 0 heterocycles. The minimum absolute atomic E-state index is 0.204. The van der Waals surface area contributed by atoms with Crippen molar-refractivity contribution in [3.05, 3.63) is 69.7 Å². The van der Waals surface area contributed by atoms with Gasteiger partial charge in [-0.05, 0) is 40.8 Å². The van der Waals surface area contributed by atoms with E-state index in [4.69, 9.17) is 34.8 Å². The molecule has 20 heavy (non-hydrogen) atoms. The van der Waals surface area contributed by atoms with Gasteiger partial charge in [0.2, 0.25) is 0 Å². The summed E-state index contributed by atoms with van der Waals surface area (Å²) in [7, 11) is 0. The van der Waals surface area contributed by atoms with Crippen molar-refractivity contribution < 1.29 is 0 Å². The largest absolute Gasteiger partial charge is 0.108 e. The smallest absolute Gasteiger partial charge is 0.0993 e. The summed E-state index contributed by atoms with van der Waals surface area (Å²) in [5.41, 5.74) is 1.74. The number of alkyl halides is 1. The van der Waals surface area contributed by atoms with Crippen LogP contribution < -0.4 is 0 Å². The quantitative estimate of drug-likeness (QED) is 0.551. The first kappa shape index (κ1) is 15.7. The second-order valence-corrected chi connectivity index (χ2v) is 7.37. The minimum Gasteiger partial charge on any atom is -0.108 e. The fourth-order valence-electron chi connectivity index (χ4n) is 2.44. The Balaban J connectivity index is 2.69. The highest BCUT2D eigenvalue weighted by Gasteiger charge is 2.43. The molecule has 0 aromatic heterocycles. The maximum absolute atomic E-state index is 7.09. The third kappa shape index (κ3) is 2.83. The van der Waals surface area contributed by atoms with Crippen LogP contribution >= 0.6 is 34.8 Å². The molecule has 2 aromatic carbocycles. The van der Waals surface area contributed by atoms with E-state index in [1.165, 1.54) is 0 Å². The van der Waals surface area contributed by atoms with Crippen LogP contribution in [0.5, 0.6) is 0 Å². The van der Waals surface area contributed by atoms with Crippen LogP contribution in [0.4, 0.5) is 0 Å². The van der Waals surface area contributed by atoms with Crippen molar-refractivity contribution >= 4 is 34.8 Å². The molecule has 0 nitrogen and oxygen atoms in total. The van der Waals surface area contributed by atoms with Gasteiger partial charge in [-0.3, -0.25) is 0 Å². The van der Waals surface area contributed by atoms with Crippen molar-refractivity contribution in [1.29, 1.82) is 0 Å². The molecule has 0 bridgehead atoms. The Bertz CT molecular complexity index is 566. The lowest BCUT2D eigenvalue weighted by Crippen LogP contribution is -2.36. The van der Waals surface area contributed by atoms with E-state index in [0.717, 1.165) is 11.1 Å². The Morgan fingerprint density at radius 2 is 1.15 bits per heavy atom. The van der Waals surface area contributed by atoms with Crippen molar-refractivity contribution in [2.75, 3.05) is 0 Å². The lowest BCUT2D eigenvalue weighted by Gasteiger charge is -2.40. The number of rotatable bonds is 2. The van der Waals surface area contributed by atoms with Crippen molar-refractivity contribution in [2.24, 2.45) is 5.41 Å². The van der Waals surface area contributed by atoms with Crippen LogP contribution in [-0.4, -0.2) is 0 Å². The van der Waals surface area contributed by atoms with Gasteiger partial charge in [0.15, 0.2) is 0 Å². The van der Waals surface area contributed by atoms with Crippen LogP contribution in [-0.2, 0) is 4.87 Å². The van der Waals surface area contributed by atoms with Crippen LogP contribution in [0, 0.1) is 5.41 Å². The van der Waals surface area contributed by atoms with Gasteiger partial charge in [0.25, 0.3) is 0 Å². The molecule has 0 unspecified atom stereocenters. The summed E-state index contributed by atoms with van der Waals surface area (Å²) in [5.74, 6) is 0. The van der Waals surface area contributed by atoms with E-state index in [1.54, 1.807) is 0 Å². The predicted octanol–water partition coefficient (Wildman–Crippen LogP) is 6.52. The summed E-state index contributed by atoms with van der Waals surface area (Å²) in [6, 6.07) is 15.4. The summed E-state index contributed by atoms with van der Waals surface area (Å²) < 4.78 is 0. The minimum atomic E-state index is -0.692. The average molecular weight is 328 g/mol. The molecular formula is C17H17Cl3. The number of hydrogen-bond acceptors (Lipinski definition) is 0. The number of hydrogen-bond donors (Lipinski definition) is 0. The van der Waals surface area contributed by atoms with Gasteiger partial charge in [-0.1, -0.05) is 68.2 Å². The van der Waals surface area contributed by atoms with Gasteiger partial charge in [-0.15, -0.1) is 11.6 Å². The topological polar surface area (TPSA) is 0 Å². The molecule has 2 aromatic rings. The Morgan fingerprint density at radius 1 is 0.750 bits per heavy atom. The molecule has 0 N–H and O–H groups in total. The first-order valence-corrected chi connectivity index (χ1v) is 7.59. The zero-order valence-corrected chi connectivity index (χ0v) is 14.0. The molecule has 0 spiro atoms. The van der Waals surface area contributed by atoms with Crippen molar-refractivity contribution in [1.82, 2.24) is 0 Å². The molecule has 0 saturated heterocycles. The summed E-state index contributed by atoms with van der Waals surface area (Å²) in [4.78, 5) is -0.692. The predicted molar refractivity (Wildman–Crippen MR) is 89.0 cm³/mol. The average Bonchev–Trinajstić information content (AvgIpc) is 2.36. The monoisotopic (exact) mass is 326 g/mol. The molecule has 0 radical (unpaired) electrons. The Hall–Kier alpha value is -0.690. The molecule has 0 aliphatic heterocycles. The zero-order chi connectivity index (χ0) is 15.0. The van der Waals surface area contributed by atoms with Crippen LogP contribution in [0.3, 0.4) is 0 Å². The first-order chi connectivity index (χ1) is 9.25. The summed E-state index contributed by atoms with van der Waals surface area (Å²) in [6.45, 7) is 6.34. The van der Waals surface area contributed by atoms with Crippen molar-refractivity contribution in [3.8, 4) is 0 Å². The summed E-state index contributed by atoms with van der Waals surface area (Å²) in [5, 5.41) is 1.36. The van der Waals surface area contributed by atoms with Crippen LogP contribution in [0.2, 0.25) is 10.0 Å². The third-order valence-electron chi connectivity index (χ3n) is 3.48. The molecule has 0 aliphatic rings. The third-order valence-corrected chi connectivity index (χ3v) is 4.95. The van der Waals surface area contributed by atoms with Gasteiger partial charge in [0.05, 0.1) is 4.87 Å². The van der Waals surface area contributed by atoms with Crippen molar-refractivity contribution in [3.63, 3.8) is 0 Å². The van der Waals surface area contributed by atoms with Crippen molar-refractivity contribution in [2.45, 2.75) is 25.6 Å². The fourth-order valence-corrected chi connectivity index (χ4v) is 3.05. The highest BCUT2D eigenvalue weighted by molar-refractivity contribution is 6.32. The van der Waals surface area contributed by atoms with E-state index in [1.807, 2.05) is 48.5 Å². The summed E-state index contributed by atoms with van der Waals surface area (Å²) >= 11 is 19.4. The Labute approximate surface area is 135 Å². The second kappa shape index (κ2) is 5.60. The lowest BCUT2D eigenvalue weighted by atomic mass is 9.71. The zero-order valence-electron chi connectivity index (χ0n) is 11.8. The molecule has 106 valence electrons. The maximum Gasteiger partial charge on any atom is 0.0993 e. The van der Waals surface area contributed by atoms with E-state index in [9.17, 15) is 0 Å². The van der Waals surface area contributed by atoms with E-state index >= 15 is 0 Å². The SMILES string of the molecule is CC(C)(C)C(Cl)(c1cccc(Cl)c1)c1cccc(Cl)c1. The van der Waals surface area contributed by atoms with Gasteiger partial charge in [0, 0.05) is 10.0 Å². The van der Waals surface area contributed by atoms with Crippen LogP contribution in [0.1, 0.15) is 31.9 Å². The molecule has 0 atom stereocenters.